The van der Waals surface area contributed by atoms with Crippen molar-refractivity contribution in [3.8, 4) is 0 Å². The Balaban J connectivity index is 1.25. The third-order valence-corrected chi connectivity index (χ3v) is 9.73. The summed E-state index contributed by atoms with van der Waals surface area (Å²) in [5.41, 5.74) is 2.61. The molecule has 0 amide bonds. The van der Waals surface area contributed by atoms with Crippen LogP contribution in [0.4, 0.5) is 0 Å². The zero-order valence-electron chi connectivity index (χ0n) is 17.5. The van der Waals surface area contributed by atoms with E-state index >= 15 is 0 Å². The molecule has 1 nitrogen and oxygen atoms in total. The molecule has 4 fully saturated rings. The van der Waals surface area contributed by atoms with Gasteiger partial charge in [-0.15, -0.1) is 0 Å². The second-order valence-electron chi connectivity index (χ2n) is 10.9. The first-order chi connectivity index (χ1) is 13.1. The van der Waals surface area contributed by atoms with Crippen LogP contribution in [-0.2, 0) is 11.3 Å². The molecule has 1 aromatic rings. The number of benzene rings is 1. The monoisotopic (exact) mass is 366 g/mol. The molecule has 7 atom stereocenters. The van der Waals surface area contributed by atoms with Crippen molar-refractivity contribution in [1.29, 1.82) is 0 Å². The summed E-state index contributed by atoms with van der Waals surface area (Å²) in [7, 11) is 0. The molecule has 27 heavy (non-hydrogen) atoms. The van der Waals surface area contributed by atoms with Gasteiger partial charge in [-0.1, -0.05) is 50.6 Å². The highest BCUT2D eigenvalue weighted by Crippen LogP contribution is 2.66. The van der Waals surface area contributed by atoms with Gasteiger partial charge in [-0.2, -0.15) is 0 Å². The van der Waals surface area contributed by atoms with Gasteiger partial charge in [-0.25, -0.2) is 0 Å². The molecule has 0 aliphatic heterocycles. The van der Waals surface area contributed by atoms with Crippen molar-refractivity contribution >= 4 is 0 Å². The van der Waals surface area contributed by atoms with Crippen LogP contribution in [0.25, 0.3) is 0 Å². The maximum atomic E-state index is 6.38. The predicted molar refractivity (Wildman–Crippen MR) is 111 cm³/mol. The molecule has 0 heterocycles. The van der Waals surface area contributed by atoms with Crippen molar-refractivity contribution in [3.63, 3.8) is 0 Å². The first-order valence-corrected chi connectivity index (χ1v) is 11.7. The van der Waals surface area contributed by atoms with Gasteiger partial charge < -0.3 is 4.74 Å². The average molecular weight is 367 g/mol. The molecular weight excluding hydrogens is 328 g/mol. The Kier molecular flexibility index (Phi) is 4.66. The van der Waals surface area contributed by atoms with Gasteiger partial charge in [0.2, 0.25) is 0 Å². The van der Waals surface area contributed by atoms with Crippen molar-refractivity contribution in [2.45, 2.75) is 90.8 Å². The Morgan fingerprint density at radius 1 is 0.889 bits per heavy atom. The smallest absolute Gasteiger partial charge is 0.0720 e. The molecule has 0 bridgehead atoms. The van der Waals surface area contributed by atoms with Gasteiger partial charge in [-0.3, -0.25) is 0 Å². The van der Waals surface area contributed by atoms with E-state index in [1.807, 2.05) is 0 Å². The molecule has 0 spiro atoms. The lowest BCUT2D eigenvalue weighted by atomic mass is 9.45. The van der Waals surface area contributed by atoms with Gasteiger partial charge in [0, 0.05) is 0 Å². The summed E-state index contributed by atoms with van der Waals surface area (Å²) in [4.78, 5) is 0. The highest BCUT2D eigenvalue weighted by molar-refractivity contribution is 5.13. The number of rotatable bonds is 3. The van der Waals surface area contributed by atoms with E-state index in [2.05, 4.69) is 44.2 Å². The molecule has 1 aromatic carbocycles. The van der Waals surface area contributed by atoms with Gasteiger partial charge >= 0.3 is 0 Å². The highest BCUT2D eigenvalue weighted by atomic mass is 16.5. The van der Waals surface area contributed by atoms with Crippen LogP contribution in [0.5, 0.6) is 0 Å². The van der Waals surface area contributed by atoms with E-state index in [0.29, 0.717) is 16.9 Å². The minimum absolute atomic E-state index is 0.486. The fraction of sp³-hybridized carbons (Fsp3) is 0.769. The van der Waals surface area contributed by atoms with Crippen LogP contribution < -0.4 is 0 Å². The van der Waals surface area contributed by atoms with Gasteiger partial charge in [0.15, 0.2) is 0 Å². The van der Waals surface area contributed by atoms with Gasteiger partial charge in [0.1, 0.15) is 0 Å². The molecule has 4 saturated carbocycles. The highest BCUT2D eigenvalue weighted by Gasteiger charge is 2.57. The summed E-state index contributed by atoms with van der Waals surface area (Å²) in [6.45, 7) is 6.10. The van der Waals surface area contributed by atoms with Crippen LogP contribution in [0, 0.1) is 34.5 Å². The normalized spacial score (nSPS) is 46.4. The summed E-state index contributed by atoms with van der Waals surface area (Å²) in [5, 5.41) is 0. The summed E-state index contributed by atoms with van der Waals surface area (Å²) in [5.74, 6) is 3.98. The van der Waals surface area contributed by atoms with E-state index in [1.165, 1.54) is 69.8 Å². The predicted octanol–water partition coefficient (Wildman–Crippen LogP) is 7.00. The molecule has 0 unspecified atom stereocenters. The summed E-state index contributed by atoms with van der Waals surface area (Å²) >= 11 is 0. The van der Waals surface area contributed by atoms with E-state index < -0.39 is 0 Å². The van der Waals surface area contributed by atoms with Gasteiger partial charge in [0.05, 0.1) is 12.7 Å². The Hall–Kier alpha value is -0.820. The Bertz CT molecular complexity index is 653. The number of hydrogen-bond acceptors (Lipinski definition) is 1. The van der Waals surface area contributed by atoms with Crippen LogP contribution in [0.15, 0.2) is 30.3 Å². The zero-order chi connectivity index (χ0) is 18.5. The van der Waals surface area contributed by atoms with Crippen LogP contribution in [0.3, 0.4) is 0 Å². The second kappa shape index (κ2) is 6.90. The van der Waals surface area contributed by atoms with Crippen molar-refractivity contribution in [1.82, 2.24) is 0 Å². The standard InChI is InChI=1S/C26H38O/c1-25-14-6-9-23(25)22-11-10-20-17-21(27-18-19-7-4-3-5-8-19)12-16-26(20,2)24(22)13-15-25/h3-5,7-8,20-24H,6,9-18H2,1-2H3/t20-,21+,22-,23+,24+,25+,26-/m0/s1. The maximum Gasteiger partial charge on any atom is 0.0720 e. The summed E-state index contributed by atoms with van der Waals surface area (Å²) in [6, 6.07) is 10.7. The number of fused-ring (bicyclic) bond motifs is 5. The third kappa shape index (κ3) is 3.09. The van der Waals surface area contributed by atoms with E-state index in [-0.39, 0.29) is 0 Å². The Labute approximate surface area is 166 Å². The molecule has 4 aliphatic rings. The SMILES string of the molecule is C[C@]12CCC[C@@H]1[C@@H]1CC[C@H]3C[C@H](OCc4ccccc4)CC[C@]3(C)[C@@H]1CC2. The van der Waals surface area contributed by atoms with Crippen LogP contribution in [0.1, 0.15) is 83.6 Å². The molecule has 0 radical (unpaired) electrons. The molecule has 0 aromatic heterocycles. The van der Waals surface area contributed by atoms with Gasteiger partial charge in [-0.05, 0) is 97.9 Å². The first-order valence-electron chi connectivity index (χ1n) is 11.7. The third-order valence-electron chi connectivity index (χ3n) is 9.73. The van der Waals surface area contributed by atoms with E-state index in [4.69, 9.17) is 4.74 Å². The summed E-state index contributed by atoms with van der Waals surface area (Å²) in [6.07, 6.45) is 15.0. The minimum atomic E-state index is 0.486. The quantitative estimate of drug-likeness (QED) is 0.559. The Morgan fingerprint density at radius 2 is 1.74 bits per heavy atom. The van der Waals surface area contributed by atoms with Crippen molar-refractivity contribution in [2.75, 3.05) is 0 Å². The molecule has 0 N–H and O–H groups in total. The largest absolute Gasteiger partial charge is 0.374 e. The lowest BCUT2D eigenvalue weighted by Crippen LogP contribution is -2.53. The molecule has 1 heteroatoms. The second-order valence-corrected chi connectivity index (χ2v) is 10.9. The Morgan fingerprint density at radius 3 is 2.59 bits per heavy atom. The molecular formula is C26H38O. The van der Waals surface area contributed by atoms with Gasteiger partial charge in [0.25, 0.3) is 0 Å². The number of hydrogen-bond donors (Lipinski definition) is 0. The molecule has 5 rings (SSSR count). The zero-order valence-corrected chi connectivity index (χ0v) is 17.5. The first kappa shape index (κ1) is 18.2. The lowest BCUT2D eigenvalue weighted by Gasteiger charge is -2.60. The van der Waals surface area contributed by atoms with E-state index in [1.54, 1.807) is 0 Å². The molecule has 0 saturated heterocycles. The minimum Gasteiger partial charge on any atom is -0.374 e. The van der Waals surface area contributed by atoms with Crippen molar-refractivity contribution in [2.24, 2.45) is 34.5 Å². The lowest BCUT2D eigenvalue weighted by molar-refractivity contribution is -0.131. The number of ether oxygens (including phenoxy) is 1. The average Bonchev–Trinajstić information content (AvgIpc) is 3.09. The van der Waals surface area contributed by atoms with E-state index in [0.717, 1.165) is 30.3 Å². The fourth-order valence-corrected chi connectivity index (χ4v) is 8.15. The topological polar surface area (TPSA) is 9.23 Å². The fourth-order valence-electron chi connectivity index (χ4n) is 8.15. The molecule has 148 valence electrons. The van der Waals surface area contributed by atoms with Crippen molar-refractivity contribution in [3.05, 3.63) is 35.9 Å². The van der Waals surface area contributed by atoms with Crippen LogP contribution >= 0.6 is 0 Å². The van der Waals surface area contributed by atoms with E-state index in [9.17, 15) is 0 Å². The van der Waals surface area contributed by atoms with Crippen LogP contribution in [-0.4, -0.2) is 6.10 Å². The molecule has 4 aliphatic carbocycles. The van der Waals surface area contributed by atoms with Crippen LogP contribution in [0.2, 0.25) is 0 Å². The van der Waals surface area contributed by atoms with Crippen molar-refractivity contribution < 1.29 is 4.74 Å². The maximum absolute atomic E-state index is 6.38. The summed E-state index contributed by atoms with van der Waals surface area (Å²) < 4.78 is 6.38.